The molecule has 0 spiro atoms. The number of hydrogen-bond donors (Lipinski definition) is 0. The molecule has 0 aromatic heterocycles. The maximum absolute atomic E-state index is 13.1. The van der Waals surface area contributed by atoms with Crippen LogP contribution in [0.3, 0.4) is 0 Å². The molecule has 0 bridgehead atoms. The van der Waals surface area contributed by atoms with Crippen molar-refractivity contribution in [3.63, 3.8) is 0 Å². The lowest BCUT2D eigenvalue weighted by molar-refractivity contribution is -0.217. The average Bonchev–Trinajstić information content (AvgIpc) is 3.21. The molecule has 0 unspecified atom stereocenters. The minimum absolute atomic E-state index is 0.0508. The molecule has 4 rings (SSSR count). The maximum atomic E-state index is 13.1. The molecule has 0 radical (unpaired) electrons. The van der Waals surface area contributed by atoms with Crippen LogP contribution in [0.2, 0.25) is 0 Å². The highest BCUT2D eigenvalue weighted by Gasteiger charge is 2.70. The third-order valence-corrected chi connectivity index (χ3v) is 12.5. The van der Waals surface area contributed by atoms with Gasteiger partial charge >= 0.3 is 17.9 Å². The molecule has 3 fully saturated rings. The predicted molar refractivity (Wildman–Crippen MR) is 165 cm³/mol. The van der Waals surface area contributed by atoms with Gasteiger partial charge in [-0.15, -0.1) is 0 Å². The number of carbonyl (C=O) groups is 4. The van der Waals surface area contributed by atoms with Gasteiger partial charge in [0, 0.05) is 44.9 Å². The highest BCUT2D eigenvalue weighted by atomic mass is 16.6. The van der Waals surface area contributed by atoms with Crippen molar-refractivity contribution < 1.29 is 33.4 Å². The van der Waals surface area contributed by atoms with Crippen molar-refractivity contribution in [2.24, 2.45) is 39.4 Å². The van der Waals surface area contributed by atoms with Gasteiger partial charge in [-0.25, -0.2) is 0 Å². The molecule has 4 aliphatic carbocycles. The van der Waals surface area contributed by atoms with Crippen LogP contribution in [-0.2, 0) is 33.4 Å². The molecule has 4 aliphatic rings. The summed E-state index contributed by atoms with van der Waals surface area (Å²) in [5.74, 6) is -0.338. The monoisotopic (exact) mass is 598 g/mol. The molecule has 0 aromatic carbocycles. The molecule has 0 amide bonds. The Kier molecular flexibility index (Phi) is 8.94. The van der Waals surface area contributed by atoms with Crippen LogP contribution in [0, 0.1) is 39.4 Å². The summed E-state index contributed by atoms with van der Waals surface area (Å²) in [7, 11) is 0. The van der Waals surface area contributed by atoms with Crippen LogP contribution in [0.25, 0.3) is 0 Å². The van der Waals surface area contributed by atoms with Gasteiger partial charge in [0.25, 0.3) is 0 Å². The van der Waals surface area contributed by atoms with Gasteiger partial charge in [-0.05, 0) is 79.1 Å². The zero-order chi connectivity index (χ0) is 32.3. The standard InChI is InChI=1S/C36H54O7/c1-20(2)31(43-24(6)39)27(41-22(4)37)18-21(3)25-12-16-35(10)26(25)19-28(42-23(5)38)32-34(9)15-14-30(40)33(7,8)29(34)13-17-36(32,35)11/h21,27-29,31-32H,1,12-19H2,2-11H3/t21-,27+,28+,29+,31+,32+,34+,35+,36+/m1/s1. The van der Waals surface area contributed by atoms with Crippen LogP contribution in [0.4, 0.5) is 0 Å². The van der Waals surface area contributed by atoms with E-state index in [1.54, 1.807) is 6.92 Å². The summed E-state index contributed by atoms with van der Waals surface area (Å²) in [5.41, 5.74) is 2.63. The molecule has 0 heterocycles. The first-order valence-electron chi connectivity index (χ1n) is 16.2. The number of fused-ring (bicyclic) bond motifs is 5. The van der Waals surface area contributed by atoms with Crippen LogP contribution in [-0.4, -0.2) is 42.0 Å². The fraction of sp³-hybridized carbons (Fsp3) is 0.778. The zero-order valence-corrected chi connectivity index (χ0v) is 28.2. The second-order valence-corrected chi connectivity index (χ2v) is 15.5. The van der Waals surface area contributed by atoms with E-state index >= 15 is 0 Å². The summed E-state index contributed by atoms with van der Waals surface area (Å²) in [5, 5.41) is 0. The minimum Gasteiger partial charge on any atom is -0.462 e. The number of ketones is 1. The molecular formula is C36H54O7. The van der Waals surface area contributed by atoms with Crippen LogP contribution in [0.1, 0.15) is 121 Å². The van der Waals surface area contributed by atoms with E-state index in [1.807, 2.05) is 0 Å². The summed E-state index contributed by atoms with van der Waals surface area (Å²) in [4.78, 5) is 49.8. The largest absolute Gasteiger partial charge is 0.462 e. The van der Waals surface area contributed by atoms with E-state index in [1.165, 1.54) is 31.9 Å². The molecule has 7 nitrogen and oxygen atoms in total. The van der Waals surface area contributed by atoms with E-state index in [4.69, 9.17) is 14.2 Å². The molecule has 7 heteroatoms. The maximum Gasteiger partial charge on any atom is 0.303 e. The molecule has 3 saturated carbocycles. The van der Waals surface area contributed by atoms with Gasteiger partial charge < -0.3 is 14.2 Å². The highest BCUT2D eigenvalue weighted by molar-refractivity contribution is 5.85. The topological polar surface area (TPSA) is 96.0 Å². The lowest BCUT2D eigenvalue weighted by Crippen LogP contribution is -2.66. The van der Waals surface area contributed by atoms with Crippen molar-refractivity contribution in [2.45, 2.75) is 139 Å². The number of Topliss-reactive ketones (excluding diaryl/α,β-unsaturated/α-hetero) is 1. The van der Waals surface area contributed by atoms with E-state index in [2.05, 4.69) is 48.1 Å². The second kappa shape index (κ2) is 11.5. The fourth-order valence-corrected chi connectivity index (χ4v) is 10.6. The summed E-state index contributed by atoms with van der Waals surface area (Å²) < 4.78 is 17.6. The van der Waals surface area contributed by atoms with Crippen molar-refractivity contribution in [2.75, 3.05) is 0 Å². The van der Waals surface area contributed by atoms with Gasteiger partial charge in [0.2, 0.25) is 0 Å². The normalized spacial score (nSPS) is 36.8. The van der Waals surface area contributed by atoms with Crippen LogP contribution < -0.4 is 0 Å². The van der Waals surface area contributed by atoms with Crippen molar-refractivity contribution in [1.29, 1.82) is 0 Å². The summed E-state index contributed by atoms with van der Waals surface area (Å²) in [6.07, 6.45) is 4.83. The van der Waals surface area contributed by atoms with Crippen LogP contribution >= 0.6 is 0 Å². The molecule has 240 valence electrons. The minimum atomic E-state index is -0.725. The quantitative estimate of drug-likeness (QED) is 0.164. The van der Waals surface area contributed by atoms with Gasteiger partial charge in [-0.1, -0.05) is 59.3 Å². The Bertz CT molecular complexity index is 1230. The molecule has 0 saturated heterocycles. The number of carbonyl (C=O) groups excluding carboxylic acids is 4. The zero-order valence-electron chi connectivity index (χ0n) is 28.2. The van der Waals surface area contributed by atoms with Crippen molar-refractivity contribution >= 4 is 23.7 Å². The summed E-state index contributed by atoms with van der Waals surface area (Å²) in [6, 6.07) is 0. The first-order chi connectivity index (χ1) is 19.8. The van der Waals surface area contributed by atoms with Crippen LogP contribution in [0.15, 0.2) is 23.3 Å². The lowest BCUT2D eigenvalue weighted by atomic mass is 9.36. The Labute approximate surface area is 258 Å². The van der Waals surface area contributed by atoms with E-state index in [0.29, 0.717) is 30.6 Å². The van der Waals surface area contributed by atoms with Crippen molar-refractivity contribution in [3.8, 4) is 0 Å². The third kappa shape index (κ3) is 5.52. The Morgan fingerprint density at radius 1 is 0.907 bits per heavy atom. The van der Waals surface area contributed by atoms with Gasteiger partial charge in [0.15, 0.2) is 6.10 Å². The molecular weight excluding hydrogens is 544 g/mol. The number of hydrogen-bond acceptors (Lipinski definition) is 7. The Balaban J connectivity index is 1.76. The third-order valence-electron chi connectivity index (χ3n) is 12.5. The van der Waals surface area contributed by atoms with Gasteiger partial charge in [-0.3, -0.25) is 19.2 Å². The number of ether oxygens (including phenoxy) is 3. The molecule has 0 N–H and O–H groups in total. The lowest BCUT2D eigenvalue weighted by Gasteiger charge is -2.69. The van der Waals surface area contributed by atoms with E-state index in [0.717, 1.165) is 32.1 Å². The van der Waals surface area contributed by atoms with E-state index < -0.39 is 29.6 Å². The second-order valence-electron chi connectivity index (χ2n) is 15.5. The Hall–Kier alpha value is -2.44. The van der Waals surface area contributed by atoms with Gasteiger partial charge in [0.1, 0.15) is 18.0 Å². The Morgan fingerprint density at radius 2 is 1.53 bits per heavy atom. The van der Waals surface area contributed by atoms with Crippen molar-refractivity contribution in [3.05, 3.63) is 23.3 Å². The van der Waals surface area contributed by atoms with Gasteiger partial charge in [0.05, 0.1) is 0 Å². The first-order valence-corrected chi connectivity index (χ1v) is 16.2. The van der Waals surface area contributed by atoms with E-state index in [9.17, 15) is 19.2 Å². The molecule has 9 atom stereocenters. The number of rotatable bonds is 8. The predicted octanol–water partition coefficient (Wildman–Crippen LogP) is 7.31. The molecule has 0 aromatic rings. The summed E-state index contributed by atoms with van der Waals surface area (Å²) >= 11 is 0. The van der Waals surface area contributed by atoms with Crippen LogP contribution in [0.5, 0.6) is 0 Å². The molecule has 43 heavy (non-hydrogen) atoms. The fourth-order valence-electron chi connectivity index (χ4n) is 10.6. The smallest absolute Gasteiger partial charge is 0.303 e. The van der Waals surface area contributed by atoms with Gasteiger partial charge in [-0.2, -0.15) is 0 Å². The van der Waals surface area contributed by atoms with E-state index in [-0.39, 0.29) is 46.1 Å². The Morgan fingerprint density at radius 3 is 2.09 bits per heavy atom. The molecule has 0 aliphatic heterocycles. The SMILES string of the molecule is C=C(C)[C@H](OC(C)=O)[C@H](C[C@@H](C)C1=C2C[C@H](OC(C)=O)[C@H]3[C@@]4(C)CCC(=O)C(C)(C)[C@@H]4CC[C@]3(C)[C@@]2(C)CC1)OC(C)=O. The average molecular weight is 599 g/mol. The summed E-state index contributed by atoms with van der Waals surface area (Å²) in [6.45, 7) is 23.7. The first kappa shape index (κ1) is 33.5. The highest BCUT2D eigenvalue weighted by Crippen LogP contribution is 2.74. The number of esters is 3. The number of allylic oxidation sites excluding steroid dienone is 1. The van der Waals surface area contributed by atoms with Crippen molar-refractivity contribution in [1.82, 2.24) is 0 Å².